The number of carbonyl (C=O) groups is 1. The molecule has 1 saturated heterocycles. The number of hydrogen-bond acceptors (Lipinski definition) is 5. The van der Waals surface area contributed by atoms with E-state index in [2.05, 4.69) is 34.4 Å². The van der Waals surface area contributed by atoms with E-state index in [1.165, 1.54) is 0 Å². The first-order chi connectivity index (χ1) is 10.5. The van der Waals surface area contributed by atoms with Crippen LogP contribution in [0.25, 0.3) is 0 Å². The second-order valence-corrected chi connectivity index (χ2v) is 6.55. The lowest BCUT2D eigenvalue weighted by molar-refractivity contribution is 0.150. The molecule has 1 N–H and O–H groups in total. The highest BCUT2D eigenvalue weighted by Crippen LogP contribution is 2.26. The number of likely N-dealkylation sites (tertiary alicyclic amines) is 1. The van der Waals surface area contributed by atoms with Crippen LogP contribution in [0.1, 0.15) is 31.2 Å². The van der Waals surface area contributed by atoms with Crippen molar-refractivity contribution in [2.75, 3.05) is 38.5 Å². The summed E-state index contributed by atoms with van der Waals surface area (Å²) >= 11 is 0.707. The third-order valence-corrected chi connectivity index (χ3v) is 4.44. The molecule has 1 atom stereocenters. The minimum absolute atomic E-state index is 0.117. The number of nitrogens with zero attached hydrogens (tertiary/aromatic N) is 4. The molecule has 2 amide bonds. The first kappa shape index (κ1) is 17.0. The molecule has 1 aromatic rings. The van der Waals surface area contributed by atoms with Crippen LogP contribution in [0.5, 0.6) is 0 Å². The Morgan fingerprint density at radius 1 is 1.55 bits per heavy atom. The van der Waals surface area contributed by atoms with Crippen LogP contribution >= 0.6 is 11.3 Å². The third-order valence-electron chi connectivity index (χ3n) is 3.59. The first-order valence-electron chi connectivity index (χ1n) is 7.35. The average Bonchev–Trinajstić information content (AvgIpc) is 3.08. The summed E-state index contributed by atoms with van der Waals surface area (Å²) in [6.45, 7) is 5.51. The molecule has 2 heterocycles. The molecular formula is C13H21F2N5OS. The van der Waals surface area contributed by atoms with Gasteiger partial charge in [-0.1, -0.05) is 18.3 Å². The smallest absolute Gasteiger partial charge is 0.323 e. The average molecular weight is 333 g/mol. The highest BCUT2D eigenvalue weighted by molar-refractivity contribution is 7.15. The maximum absolute atomic E-state index is 12.4. The van der Waals surface area contributed by atoms with Crippen LogP contribution in [0.4, 0.5) is 18.7 Å². The molecule has 9 heteroatoms. The fraction of sp³-hybridized carbons (Fsp3) is 0.769. The number of carbonyl (C=O) groups excluding carboxylic acids is 1. The van der Waals surface area contributed by atoms with E-state index in [0.717, 1.165) is 25.9 Å². The number of amides is 2. The molecule has 0 radical (unpaired) electrons. The number of halogens is 2. The van der Waals surface area contributed by atoms with Gasteiger partial charge in [0.1, 0.15) is 0 Å². The van der Waals surface area contributed by atoms with Gasteiger partial charge in [-0.05, 0) is 32.4 Å². The Bertz CT molecular complexity index is 499. The normalized spacial score (nSPS) is 18.5. The van der Waals surface area contributed by atoms with Crippen molar-refractivity contribution >= 4 is 22.5 Å². The Balaban J connectivity index is 1.81. The van der Waals surface area contributed by atoms with Crippen LogP contribution < -0.4 is 5.32 Å². The fourth-order valence-electron chi connectivity index (χ4n) is 2.62. The Morgan fingerprint density at radius 2 is 2.32 bits per heavy atom. The van der Waals surface area contributed by atoms with Gasteiger partial charge in [-0.15, -0.1) is 10.2 Å². The summed E-state index contributed by atoms with van der Waals surface area (Å²) in [6, 6.07) is -0.294. The molecule has 1 unspecified atom stereocenters. The van der Waals surface area contributed by atoms with Gasteiger partial charge in [-0.3, -0.25) is 5.32 Å². The number of urea groups is 1. The minimum Gasteiger partial charge on any atom is -0.324 e. The third kappa shape index (κ3) is 4.57. The van der Waals surface area contributed by atoms with E-state index in [1.54, 1.807) is 4.90 Å². The largest absolute Gasteiger partial charge is 0.324 e. The lowest BCUT2D eigenvalue weighted by Gasteiger charge is -2.20. The number of nitrogens with one attached hydrogen (secondary N) is 1. The van der Waals surface area contributed by atoms with Gasteiger partial charge in [-0.2, -0.15) is 0 Å². The van der Waals surface area contributed by atoms with Crippen molar-refractivity contribution in [2.24, 2.45) is 5.92 Å². The van der Waals surface area contributed by atoms with Crippen LogP contribution in [-0.4, -0.2) is 59.3 Å². The molecule has 0 saturated carbocycles. The number of hydrogen-bond donors (Lipinski definition) is 1. The van der Waals surface area contributed by atoms with Crippen molar-refractivity contribution in [3.05, 3.63) is 5.01 Å². The van der Waals surface area contributed by atoms with E-state index < -0.39 is 6.43 Å². The van der Waals surface area contributed by atoms with E-state index >= 15 is 0 Å². The maximum Gasteiger partial charge on any atom is 0.323 e. The van der Waals surface area contributed by atoms with E-state index in [1.807, 2.05) is 0 Å². The van der Waals surface area contributed by atoms with E-state index in [0.29, 0.717) is 30.3 Å². The van der Waals surface area contributed by atoms with E-state index in [4.69, 9.17) is 0 Å². The van der Waals surface area contributed by atoms with Crippen molar-refractivity contribution in [3.63, 3.8) is 0 Å². The molecule has 1 fully saturated rings. The van der Waals surface area contributed by atoms with Gasteiger partial charge < -0.3 is 9.80 Å². The predicted octanol–water partition coefficient (Wildman–Crippen LogP) is 2.67. The highest BCUT2D eigenvalue weighted by Gasteiger charge is 2.27. The van der Waals surface area contributed by atoms with Crippen molar-refractivity contribution in [2.45, 2.75) is 26.2 Å². The lowest BCUT2D eigenvalue weighted by Crippen LogP contribution is -2.34. The van der Waals surface area contributed by atoms with Crippen LogP contribution in [0.15, 0.2) is 0 Å². The zero-order valence-electron chi connectivity index (χ0n) is 12.8. The van der Waals surface area contributed by atoms with Gasteiger partial charge in [-0.25, -0.2) is 13.6 Å². The second-order valence-electron chi connectivity index (χ2n) is 5.54. The van der Waals surface area contributed by atoms with Crippen LogP contribution in [0.2, 0.25) is 0 Å². The molecule has 0 aromatic carbocycles. The van der Waals surface area contributed by atoms with Crippen molar-refractivity contribution in [1.82, 2.24) is 20.0 Å². The van der Waals surface area contributed by atoms with E-state index in [9.17, 15) is 13.6 Å². The van der Waals surface area contributed by atoms with Gasteiger partial charge >= 0.3 is 6.03 Å². The molecule has 1 aliphatic heterocycles. The molecule has 0 bridgehead atoms. The molecule has 124 valence electrons. The minimum atomic E-state index is -2.66. The fourth-order valence-corrected chi connectivity index (χ4v) is 3.21. The summed E-state index contributed by atoms with van der Waals surface area (Å²) in [6.07, 6.45) is -0.593. The van der Waals surface area contributed by atoms with Crippen molar-refractivity contribution in [3.8, 4) is 0 Å². The summed E-state index contributed by atoms with van der Waals surface area (Å²) in [5.74, 6) is 0.452. The van der Waals surface area contributed by atoms with E-state index in [-0.39, 0.29) is 16.2 Å². The monoisotopic (exact) mass is 333 g/mol. The van der Waals surface area contributed by atoms with Crippen molar-refractivity contribution < 1.29 is 13.6 Å². The Kier molecular flexibility index (Phi) is 6.01. The molecule has 6 nitrogen and oxygen atoms in total. The Morgan fingerprint density at radius 3 is 2.95 bits per heavy atom. The lowest BCUT2D eigenvalue weighted by atomic mass is 10.1. The van der Waals surface area contributed by atoms with Crippen molar-refractivity contribution in [1.29, 1.82) is 0 Å². The summed E-state index contributed by atoms with van der Waals surface area (Å²) < 4.78 is 24.9. The van der Waals surface area contributed by atoms with Gasteiger partial charge in [0.05, 0.1) is 0 Å². The summed E-state index contributed by atoms with van der Waals surface area (Å²) in [7, 11) is 2.08. The molecule has 0 spiro atoms. The van der Waals surface area contributed by atoms with Gasteiger partial charge in [0.25, 0.3) is 6.43 Å². The summed E-state index contributed by atoms with van der Waals surface area (Å²) in [5.41, 5.74) is 0. The number of alkyl halides is 2. The topological polar surface area (TPSA) is 61.4 Å². The zero-order valence-corrected chi connectivity index (χ0v) is 13.6. The van der Waals surface area contributed by atoms with Crippen LogP contribution in [0.3, 0.4) is 0 Å². The molecule has 22 heavy (non-hydrogen) atoms. The predicted molar refractivity (Wildman–Crippen MR) is 81.4 cm³/mol. The van der Waals surface area contributed by atoms with Gasteiger partial charge in [0.2, 0.25) is 5.13 Å². The second kappa shape index (κ2) is 7.77. The molecule has 1 aromatic heterocycles. The highest BCUT2D eigenvalue weighted by atomic mass is 32.1. The summed E-state index contributed by atoms with van der Waals surface area (Å²) in [4.78, 5) is 16.1. The number of aromatic nitrogens is 2. The van der Waals surface area contributed by atoms with Gasteiger partial charge in [0, 0.05) is 19.6 Å². The first-order valence-corrected chi connectivity index (χ1v) is 8.17. The molecule has 1 aliphatic rings. The zero-order chi connectivity index (χ0) is 16.1. The Hall–Kier alpha value is -1.35. The van der Waals surface area contributed by atoms with Gasteiger partial charge in [0.15, 0.2) is 5.01 Å². The summed E-state index contributed by atoms with van der Waals surface area (Å²) in [5, 5.41) is 9.19. The number of anilines is 1. The molecular weight excluding hydrogens is 312 g/mol. The molecule has 2 rings (SSSR count). The van der Waals surface area contributed by atoms with Crippen LogP contribution in [0, 0.1) is 5.92 Å². The standard InChI is InChI=1S/C13H21F2N5OS/c1-3-5-19(2)7-9-4-6-20(8-9)13(21)16-12-18-17-11(22-12)10(14)15/h9-10H,3-8H2,1-2H3,(H,16,18,21). The maximum atomic E-state index is 12.4. The number of rotatable bonds is 6. The van der Waals surface area contributed by atoms with Crippen LogP contribution in [-0.2, 0) is 0 Å². The Labute approximate surface area is 132 Å². The quantitative estimate of drug-likeness (QED) is 0.869. The SMILES string of the molecule is CCCN(C)CC1CCN(C(=O)Nc2nnc(C(F)F)s2)C1. The molecule has 0 aliphatic carbocycles.